The van der Waals surface area contributed by atoms with E-state index in [1.54, 1.807) is 6.26 Å². The van der Waals surface area contributed by atoms with Crippen LogP contribution in [-0.4, -0.2) is 0 Å². The lowest BCUT2D eigenvalue weighted by molar-refractivity contribution is 0.482. The van der Waals surface area contributed by atoms with Crippen LogP contribution in [0.15, 0.2) is 77.4 Å². The van der Waals surface area contributed by atoms with Gasteiger partial charge in [-0.3, -0.25) is 0 Å². The summed E-state index contributed by atoms with van der Waals surface area (Å²) in [6.07, 6.45) is 1.68. The van der Waals surface area contributed by atoms with E-state index in [1.165, 1.54) is 0 Å². The van der Waals surface area contributed by atoms with Crippen molar-refractivity contribution < 1.29 is 9.15 Å². The predicted molar refractivity (Wildman–Crippen MR) is 82.4 cm³/mol. The summed E-state index contributed by atoms with van der Waals surface area (Å²) >= 11 is 3.63. The molecule has 0 saturated carbocycles. The number of halogens is 1. The first-order valence-corrected chi connectivity index (χ1v) is 7.25. The topological polar surface area (TPSA) is 22.4 Å². The van der Waals surface area contributed by atoms with Crippen LogP contribution >= 0.6 is 15.9 Å². The van der Waals surface area contributed by atoms with Crippen LogP contribution in [0.1, 0.15) is 16.2 Å². The number of alkyl halides is 1. The van der Waals surface area contributed by atoms with Gasteiger partial charge < -0.3 is 9.15 Å². The van der Waals surface area contributed by atoms with Crippen LogP contribution in [-0.2, 0) is 0 Å². The number of benzene rings is 2. The molecule has 2 nitrogen and oxygen atoms in total. The Balaban J connectivity index is 1.75. The van der Waals surface area contributed by atoms with Gasteiger partial charge in [0.25, 0.3) is 0 Å². The van der Waals surface area contributed by atoms with Gasteiger partial charge in [0.2, 0.25) is 0 Å². The smallest absolute Gasteiger partial charge is 0.127 e. The molecular formula is C17H13BrO2. The number of rotatable bonds is 4. The summed E-state index contributed by atoms with van der Waals surface area (Å²) in [5.74, 6) is 2.54. The average molecular weight is 329 g/mol. The second-order valence-electron chi connectivity index (χ2n) is 4.36. The molecule has 0 bridgehead atoms. The van der Waals surface area contributed by atoms with Crippen LogP contribution in [0.2, 0.25) is 0 Å². The highest BCUT2D eigenvalue weighted by molar-refractivity contribution is 9.09. The van der Waals surface area contributed by atoms with Gasteiger partial charge in [0.05, 0.1) is 11.1 Å². The third-order valence-corrected chi connectivity index (χ3v) is 3.92. The van der Waals surface area contributed by atoms with Gasteiger partial charge in [-0.2, -0.15) is 0 Å². The van der Waals surface area contributed by atoms with Gasteiger partial charge in [0.1, 0.15) is 17.3 Å². The SMILES string of the molecule is BrC(c1ccc(Oc2ccccc2)cc1)c1ccco1. The van der Waals surface area contributed by atoms with Crippen molar-refractivity contribution in [1.29, 1.82) is 0 Å². The highest BCUT2D eigenvalue weighted by Crippen LogP contribution is 2.32. The molecule has 0 amide bonds. The van der Waals surface area contributed by atoms with E-state index in [0.717, 1.165) is 22.8 Å². The maximum atomic E-state index is 5.77. The van der Waals surface area contributed by atoms with E-state index in [-0.39, 0.29) is 4.83 Å². The Kier molecular flexibility index (Phi) is 3.88. The fourth-order valence-corrected chi connectivity index (χ4v) is 2.49. The Morgan fingerprint density at radius 2 is 1.50 bits per heavy atom. The lowest BCUT2D eigenvalue weighted by atomic mass is 10.1. The van der Waals surface area contributed by atoms with Gasteiger partial charge >= 0.3 is 0 Å². The van der Waals surface area contributed by atoms with Gasteiger partial charge in [0, 0.05) is 0 Å². The Hall–Kier alpha value is -2.00. The van der Waals surface area contributed by atoms with E-state index >= 15 is 0 Å². The number of para-hydroxylation sites is 1. The zero-order valence-electron chi connectivity index (χ0n) is 10.7. The first-order valence-electron chi connectivity index (χ1n) is 6.33. The number of furan rings is 1. The minimum absolute atomic E-state index is 0.0586. The third-order valence-electron chi connectivity index (χ3n) is 2.94. The molecule has 3 heteroatoms. The maximum Gasteiger partial charge on any atom is 0.127 e. The van der Waals surface area contributed by atoms with Gasteiger partial charge in [-0.15, -0.1) is 0 Å². The molecule has 1 heterocycles. The molecule has 2 aromatic carbocycles. The van der Waals surface area contributed by atoms with Crippen molar-refractivity contribution in [3.05, 3.63) is 84.3 Å². The largest absolute Gasteiger partial charge is 0.468 e. The molecule has 1 unspecified atom stereocenters. The number of ether oxygens (including phenoxy) is 1. The van der Waals surface area contributed by atoms with Crippen molar-refractivity contribution in [1.82, 2.24) is 0 Å². The Bertz CT molecular complexity index is 645. The van der Waals surface area contributed by atoms with E-state index < -0.39 is 0 Å². The van der Waals surface area contributed by atoms with Gasteiger partial charge in [-0.05, 0) is 42.0 Å². The zero-order valence-corrected chi connectivity index (χ0v) is 12.3. The molecular weight excluding hydrogens is 316 g/mol. The van der Waals surface area contributed by atoms with Gasteiger partial charge in [0.15, 0.2) is 0 Å². The molecule has 3 rings (SSSR count). The highest BCUT2D eigenvalue weighted by Gasteiger charge is 2.12. The molecule has 1 aromatic heterocycles. The Labute approximate surface area is 126 Å². The monoisotopic (exact) mass is 328 g/mol. The molecule has 0 fully saturated rings. The molecule has 0 saturated heterocycles. The summed E-state index contributed by atoms with van der Waals surface area (Å²) in [5.41, 5.74) is 1.13. The van der Waals surface area contributed by atoms with E-state index in [4.69, 9.17) is 9.15 Å². The first-order chi connectivity index (χ1) is 9.83. The van der Waals surface area contributed by atoms with Crippen LogP contribution < -0.4 is 4.74 Å². The number of hydrogen-bond acceptors (Lipinski definition) is 2. The van der Waals surface area contributed by atoms with Gasteiger partial charge in [-0.25, -0.2) is 0 Å². The van der Waals surface area contributed by atoms with E-state index in [0.29, 0.717) is 0 Å². The lowest BCUT2D eigenvalue weighted by Gasteiger charge is -2.09. The standard InChI is InChI=1S/C17H13BrO2/c18-17(16-7-4-12-19-16)13-8-10-15(11-9-13)20-14-5-2-1-3-6-14/h1-12,17H. The van der Waals surface area contributed by atoms with Crippen LogP contribution in [0.4, 0.5) is 0 Å². The Morgan fingerprint density at radius 3 is 2.15 bits per heavy atom. The molecule has 0 aliphatic heterocycles. The average Bonchev–Trinajstić information content (AvgIpc) is 3.03. The molecule has 0 N–H and O–H groups in total. The first kappa shape index (κ1) is 13.0. The Morgan fingerprint density at radius 1 is 0.800 bits per heavy atom. The van der Waals surface area contributed by atoms with Crippen molar-refractivity contribution in [2.75, 3.05) is 0 Å². The normalized spacial score (nSPS) is 12.1. The fourth-order valence-electron chi connectivity index (χ4n) is 1.93. The predicted octanol–water partition coefficient (Wildman–Crippen LogP) is 5.56. The second kappa shape index (κ2) is 5.97. The molecule has 0 spiro atoms. The van der Waals surface area contributed by atoms with Crippen molar-refractivity contribution in [3.8, 4) is 11.5 Å². The minimum Gasteiger partial charge on any atom is -0.468 e. The summed E-state index contributed by atoms with van der Waals surface area (Å²) in [6.45, 7) is 0. The van der Waals surface area contributed by atoms with Crippen LogP contribution in [0.5, 0.6) is 11.5 Å². The molecule has 0 radical (unpaired) electrons. The fraction of sp³-hybridized carbons (Fsp3) is 0.0588. The van der Waals surface area contributed by atoms with Crippen molar-refractivity contribution in [3.63, 3.8) is 0 Å². The minimum atomic E-state index is 0.0586. The quantitative estimate of drug-likeness (QED) is 0.585. The van der Waals surface area contributed by atoms with Crippen molar-refractivity contribution in [2.24, 2.45) is 0 Å². The summed E-state index contributed by atoms with van der Waals surface area (Å²) in [6, 6.07) is 21.6. The summed E-state index contributed by atoms with van der Waals surface area (Å²) in [4.78, 5) is 0.0586. The molecule has 3 aromatic rings. The summed E-state index contributed by atoms with van der Waals surface area (Å²) < 4.78 is 11.2. The van der Waals surface area contributed by atoms with Crippen LogP contribution in [0.25, 0.3) is 0 Å². The second-order valence-corrected chi connectivity index (χ2v) is 5.28. The summed E-state index contributed by atoms with van der Waals surface area (Å²) in [5, 5.41) is 0. The van der Waals surface area contributed by atoms with Crippen LogP contribution in [0, 0.1) is 0 Å². The molecule has 1 atom stereocenters. The zero-order chi connectivity index (χ0) is 13.8. The van der Waals surface area contributed by atoms with Gasteiger partial charge in [-0.1, -0.05) is 46.3 Å². The van der Waals surface area contributed by atoms with E-state index in [2.05, 4.69) is 15.9 Å². The number of hydrogen-bond donors (Lipinski definition) is 0. The van der Waals surface area contributed by atoms with Crippen molar-refractivity contribution >= 4 is 15.9 Å². The van der Waals surface area contributed by atoms with Crippen molar-refractivity contribution in [2.45, 2.75) is 4.83 Å². The van der Waals surface area contributed by atoms with E-state index in [9.17, 15) is 0 Å². The molecule has 100 valence electrons. The molecule has 0 aliphatic rings. The van der Waals surface area contributed by atoms with Crippen LogP contribution in [0.3, 0.4) is 0 Å². The maximum absolute atomic E-state index is 5.77. The summed E-state index contributed by atoms with van der Waals surface area (Å²) in [7, 11) is 0. The van der Waals surface area contributed by atoms with E-state index in [1.807, 2.05) is 66.7 Å². The highest BCUT2D eigenvalue weighted by atomic mass is 79.9. The molecule has 20 heavy (non-hydrogen) atoms. The molecule has 0 aliphatic carbocycles. The lowest BCUT2D eigenvalue weighted by Crippen LogP contribution is -1.91. The third kappa shape index (κ3) is 2.94.